The van der Waals surface area contributed by atoms with Crippen LogP contribution in [-0.2, 0) is 5.75 Å². The van der Waals surface area contributed by atoms with Crippen molar-refractivity contribution in [3.8, 4) is 22.8 Å². The zero-order valence-electron chi connectivity index (χ0n) is 14.8. The third-order valence-electron chi connectivity index (χ3n) is 4.49. The minimum atomic E-state index is -0.282. The molecule has 1 aromatic carbocycles. The normalized spacial score (nSPS) is 13.8. The molecule has 3 aromatic heterocycles. The summed E-state index contributed by atoms with van der Waals surface area (Å²) in [5.74, 6) is 1.67. The minimum Gasteiger partial charge on any atom is -0.444 e. The van der Waals surface area contributed by atoms with Gasteiger partial charge < -0.3 is 4.42 Å². The lowest BCUT2D eigenvalue weighted by molar-refractivity contribution is 0.572. The van der Waals surface area contributed by atoms with Gasteiger partial charge in [0.25, 0.3) is 0 Å². The molecule has 4 aromatic rings. The molecule has 0 aliphatic heterocycles. The van der Waals surface area contributed by atoms with Crippen LogP contribution in [0.25, 0.3) is 22.8 Å². The monoisotopic (exact) mass is 393 g/mol. The van der Waals surface area contributed by atoms with Crippen molar-refractivity contribution in [2.75, 3.05) is 0 Å². The second kappa shape index (κ2) is 7.20. The third kappa shape index (κ3) is 3.43. The second-order valence-corrected chi connectivity index (χ2v) is 7.53. The number of aromatic nitrogens is 5. The fraction of sp³-hybridized carbons (Fsp3) is 0.200. The lowest BCUT2D eigenvalue weighted by Gasteiger charge is -2.07. The molecule has 1 aliphatic carbocycles. The van der Waals surface area contributed by atoms with Crippen LogP contribution in [-0.4, -0.2) is 24.7 Å². The van der Waals surface area contributed by atoms with E-state index in [0.29, 0.717) is 17.7 Å². The predicted octanol–water partition coefficient (Wildman–Crippen LogP) is 4.76. The van der Waals surface area contributed by atoms with Gasteiger partial charge >= 0.3 is 0 Å². The molecule has 1 aliphatic rings. The van der Waals surface area contributed by atoms with Crippen LogP contribution in [0.3, 0.4) is 0 Å². The topological polar surface area (TPSA) is 69.6 Å². The van der Waals surface area contributed by atoms with Gasteiger partial charge in [-0.1, -0.05) is 11.8 Å². The zero-order valence-corrected chi connectivity index (χ0v) is 15.6. The van der Waals surface area contributed by atoms with E-state index in [4.69, 9.17) is 4.42 Å². The Morgan fingerprint density at radius 3 is 2.71 bits per heavy atom. The highest BCUT2D eigenvalue weighted by Crippen LogP contribution is 2.41. The van der Waals surface area contributed by atoms with E-state index in [1.54, 1.807) is 36.4 Å². The molecule has 8 heteroatoms. The summed E-state index contributed by atoms with van der Waals surface area (Å²) in [6.45, 7) is 0. The van der Waals surface area contributed by atoms with E-state index in [9.17, 15) is 4.39 Å². The van der Waals surface area contributed by atoms with E-state index < -0.39 is 0 Å². The Hall–Kier alpha value is -3.00. The van der Waals surface area contributed by atoms with Crippen molar-refractivity contribution in [3.63, 3.8) is 0 Å². The zero-order chi connectivity index (χ0) is 18.9. The molecule has 28 heavy (non-hydrogen) atoms. The molecule has 0 radical (unpaired) electrons. The quantitative estimate of drug-likeness (QED) is 0.440. The van der Waals surface area contributed by atoms with Crippen LogP contribution < -0.4 is 0 Å². The van der Waals surface area contributed by atoms with Crippen LogP contribution in [0.1, 0.15) is 24.6 Å². The van der Waals surface area contributed by atoms with Crippen LogP contribution in [0.2, 0.25) is 0 Å². The fourth-order valence-corrected chi connectivity index (χ4v) is 3.85. The lowest BCUT2D eigenvalue weighted by Crippen LogP contribution is -2.00. The summed E-state index contributed by atoms with van der Waals surface area (Å²) in [6.07, 6.45) is 7.46. The third-order valence-corrected chi connectivity index (χ3v) is 5.47. The molecule has 3 heterocycles. The first-order valence-electron chi connectivity index (χ1n) is 8.96. The largest absolute Gasteiger partial charge is 0.444 e. The standard InChI is InChI=1S/C20H16FN5OS/c21-15-5-3-13(4-6-15)19-23-16(11-27-19)12-28-20-25-24-18(26(20)17-7-8-17)14-2-1-9-22-10-14/h1-6,9-11,17H,7-8,12H2. The number of nitrogens with zero attached hydrogens (tertiary/aromatic N) is 5. The Morgan fingerprint density at radius 1 is 1.11 bits per heavy atom. The Kier molecular flexibility index (Phi) is 4.40. The van der Waals surface area contributed by atoms with Crippen LogP contribution in [0.5, 0.6) is 0 Å². The maximum atomic E-state index is 13.1. The summed E-state index contributed by atoms with van der Waals surface area (Å²) in [5.41, 5.74) is 2.52. The van der Waals surface area contributed by atoms with E-state index in [1.165, 1.54) is 12.1 Å². The van der Waals surface area contributed by atoms with E-state index in [1.807, 2.05) is 18.3 Å². The average molecular weight is 393 g/mol. The number of hydrogen-bond acceptors (Lipinski definition) is 6. The molecule has 0 bridgehead atoms. The van der Waals surface area contributed by atoms with E-state index in [0.717, 1.165) is 40.6 Å². The molecular formula is C20H16FN5OS. The van der Waals surface area contributed by atoms with Gasteiger partial charge in [0, 0.05) is 35.3 Å². The first-order valence-corrected chi connectivity index (χ1v) is 9.95. The highest BCUT2D eigenvalue weighted by atomic mass is 32.2. The summed E-state index contributed by atoms with van der Waals surface area (Å²) in [4.78, 5) is 8.69. The maximum Gasteiger partial charge on any atom is 0.226 e. The van der Waals surface area contributed by atoms with E-state index in [2.05, 4.69) is 24.7 Å². The number of thioether (sulfide) groups is 1. The summed E-state index contributed by atoms with van der Waals surface area (Å²) in [6, 6.07) is 10.4. The molecule has 6 nitrogen and oxygen atoms in total. The summed E-state index contributed by atoms with van der Waals surface area (Å²) in [7, 11) is 0. The van der Waals surface area contributed by atoms with Gasteiger partial charge in [-0.2, -0.15) is 0 Å². The summed E-state index contributed by atoms with van der Waals surface area (Å²) < 4.78 is 20.8. The molecule has 0 N–H and O–H groups in total. The maximum absolute atomic E-state index is 13.1. The van der Waals surface area contributed by atoms with Crippen molar-refractivity contribution in [1.29, 1.82) is 0 Å². The number of halogens is 1. The Morgan fingerprint density at radius 2 is 1.96 bits per heavy atom. The van der Waals surface area contributed by atoms with Crippen LogP contribution >= 0.6 is 11.8 Å². The van der Waals surface area contributed by atoms with Crippen LogP contribution in [0.4, 0.5) is 4.39 Å². The molecule has 0 saturated heterocycles. The van der Waals surface area contributed by atoms with Crippen molar-refractivity contribution in [2.45, 2.75) is 29.8 Å². The van der Waals surface area contributed by atoms with Crippen molar-refractivity contribution >= 4 is 11.8 Å². The van der Waals surface area contributed by atoms with Crippen molar-refractivity contribution < 1.29 is 8.81 Å². The van der Waals surface area contributed by atoms with Crippen LogP contribution in [0.15, 0.2) is 64.6 Å². The van der Waals surface area contributed by atoms with Gasteiger partial charge in [0.2, 0.25) is 5.89 Å². The number of pyridine rings is 1. The van der Waals surface area contributed by atoms with Crippen molar-refractivity contribution in [2.24, 2.45) is 0 Å². The van der Waals surface area contributed by atoms with Gasteiger partial charge in [0.15, 0.2) is 11.0 Å². The number of oxazole rings is 1. The number of rotatable bonds is 6. The first kappa shape index (κ1) is 17.1. The highest BCUT2D eigenvalue weighted by molar-refractivity contribution is 7.98. The molecule has 5 rings (SSSR count). The van der Waals surface area contributed by atoms with Gasteiger partial charge in [-0.15, -0.1) is 10.2 Å². The Balaban J connectivity index is 1.35. The van der Waals surface area contributed by atoms with Gasteiger partial charge in [0.05, 0.1) is 5.69 Å². The Bertz CT molecular complexity index is 1090. The molecule has 0 amide bonds. The Labute approximate surface area is 164 Å². The summed E-state index contributed by atoms with van der Waals surface area (Å²) >= 11 is 1.58. The van der Waals surface area contributed by atoms with Crippen molar-refractivity contribution in [3.05, 3.63) is 66.6 Å². The van der Waals surface area contributed by atoms with Crippen LogP contribution in [0, 0.1) is 5.82 Å². The molecule has 1 saturated carbocycles. The molecule has 0 atom stereocenters. The van der Waals surface area contributed by atoms with Crippen molar-refractivity contribution in [1.82, 2.24) is 24.7 Å². The van der Waals surface area contributed by atoms with E-state index in [-0.39, 0.29) is 5.82 Å². The SMILES string of the molecule is Fc1ccc(-c2nc(CSc3nnc(-c4cccnc4)n3C3CC3)co2)cc1. The van der Waals surface area contributed by atoms with Gasteiger partial charge in [-0.3, -0.25) is 9.55 Å². The average Bonchev–Trinajstić information content (AvgIpc) is 3.30. The molecule has 140 valence electrons. The van der Waals surface area contributed by atoms with Gasteiger partial charge in [-0.25, -0.2) is 9.37 Å². The van der Waals surface area contributed by atoms with E-state index >= 15 is 0 Å². The first-order chi connectivity index (χ1) is 13.8. The van der Waals surface area contributed by atoms with Gasteiger partial charge in [-0.05, 0) is 49.2 Å². The molecule has 1 fully saturated rings. The number of benzene rings is 1. The molecule has 0 spiro atoms. The fourth-order valence-electron chi connectivity index (χ4n) is 2.97. The lowest BCUT2D eigenvalue weighted by atomic mass is 10.2. The smallest absolute Gasteiger partial charge is 0.226 e. The number of hydrogen-bond donors (Lipinski definition) is 0. The summed E-state index contributed by atoms with van der Waals surface area (Å²) in [5, 5.41) is 9.65. The molecule has 0 unspecified atom stereocenters. The second-order valence-electron chi connectivity index (χ2n) is 6.59. The molecular weight excluding hydrogens is 377 g/mol. The highest BCUT2D eigenvalue weighted by Gasteiger charge is 2.30. The minimum absolute atomic E-state index is 0.282. The predicted molar refractivity (Wildman–Crippen MR) is 103 cm³/mol. The van der Waals surface area contributed by atoms with Gasteiger partial charge in [0.1, 0.15) is 12.1 Å².